The van der Waals surface area contributed by atoms with Crippen molar-refractivity contribution in [2.75, 3.05) is 18.9 Å². The summed E-state index contributed by atoms with van der Waals surface area (Å²) in [4.78, 5) is 42.9. The summed E-state index contributed by atoms with van der Waals surface area (Å²) in [6, 6.07) is 21.5. The van der Waals surface area contributed by atoms with Gasteiger partial charge in [0.05, 0.1) is 17.2 Å². The number of fused-ring (bicyclic) bond motifs is 1. The first-order valence-electron chi connectivity index (χ1n) is 16.7. The smallest absolute Gasteiger partial charge is 0.290 e. The van der Waals surface area contributed by atoms with Gasteiger partial charge in [-0.3, -0.25) is 19.3 Å². The summed E-state index contributed by atoms with van der Waals surface area (Å²) < 4.78 is 10.7. The molecular formula is C39H44N6O5. The Hall–Kier alpha value is -5.71. The lowest BCUT2D eigenvalue weighted by Crippen LogP contribution is -2.43. The van der Waals surface area contributed by atoms with Gasteiger partial charge in [-0.05, 0) is 79.1 Å². The fourth-order valence-electron chi connectivity index (χ4n) is 6.02. The van der Waals surface area contributed by atoms with Crippen LogP contribution in [0, 0.1) is 0 Å². The molecule has 3 aromatic carbocycles. The van der Waals surface area contributed by atoms with Gasteiger partial charge in [0.1, 0.15) is 5.75 Å². The Balaban J connectivity index is 1.09. The standard InChI is InChI=1S/C39H44N6O5/c1-6-7-11-33(25(2)41-5)45-37(47)31-21-18-29(23-32(31)38(45)48)42-22-9-8-10-26-12-14-27(15-13-26)39(3,4)28-16-19-30(20-17-28)49-24-34-43-36(35(40)46)44-50-34/h6,12-21,23,33,41-42H,1-2,7-11,22,24H2,3-5H3,(H2,40,46). The summed E-state index contributed by atoms with van der Waals surface area (Å²) in [5.74, 6) is -0.711. The minimum Gasteiger partial charge on any atom is -0.484 e. The monoisotopic (exact) mass is 676 g/mol. The lowest BCUT2D eigenvalue weighted by atomic mass is 9.78. The minimum atomic E-state index is -0.755. The number of aryl methyl sites for hydroxylation is 1. The van der Waals surface area contributed by atoms with Gasteiger partial charge in [-0.25, -0.2) is 0 Å². The quantitative estimate of drug-likeness (QED) is 0.0638. The average molecular weight is 677 g/mol. The molecule has 0 fully saturated rings. The maximum Gasteiger partial charge on any atom is 0.290 e. The highest BCUT2D eigenvalue weighted by atomic mass is 16.5. The summed E-state index contributed by atoms with van der Waals surface area (Å²) in [6.45, 7) is 12.9. The van der Waals surface area contributed by atoms with Crippen molar-refractivity contribution in [1.29, 1.82) is 0 Å². The molecule has 0 aliphatic carbocycles. The third kappa shape index (κ3) is 7.94. The van der Waals surface area contributed by atoms with Crippen molar-refractivity contribution in [2.24, 2.45) is 5.73 Å². The second kappa shape index (κ2) is 15.7. The number of ether oxygens (including phenoxy) is 1. The highest BCUT2D eigenvalue weighted by Gasteiger charge is 2.40. The maximum absolute atomic E-state index is 13.3. The summed E-state index contributed by atoms with van der Waals surface area (Å²) >= 11 is 0. The number of likely N-dealkylation sites (N-methyl/N-ethyl adjacent to an activating group) is 1. The average Bonchev–Trinajstić information content (AvgIpc) is 3.70. The van der Waals surface area contributed by atoms with Crippen molar-refractivity contribution in [3.63, 3.8) is 0 Å². The second-order valence-electron chi connectivity index (χ2n) is 12.8. The first kappa shape index (κ1) is 35.6. The predicted octanol–water partition coefficient (Wildman–Crippen LogP) is 6.17. The largest absolute Gasteiger partial charge is 0.484 e. The van der Waals surface area contributed by atoms with E-state index in [1.165, 1.54) is 16.0 Å². The van der Waals surface area contributed by atoms with E-state index in [2.05, 4.69) is 72.0 Å². The molecule has 260 valence electrons. The number of amides is 3. The molecule has 1 aliphatic rings. The number of benzene rings is 3. The fraction of sp³-hybridized carbons (Fsp3) is 0.308. The van der Waals surface area contributed by atoms with Gasteiger partial charge in [-0.1, -0.05) is 68.1 Å². The van der Waals surface area contributed by atoms with Crippen LogP contribution in [0.4, 0.5) is 5.69 Å². The lowest BCUT2D eigenvalue weighted by Gasteiger charge is -2.27. The van der Waals surface area contributed by atoms with Crippen LogP contribution in [0.15, 0.2) is 96.2 Å². The van der Waals surface area contributed by atoms with Gasteiger partial charge in [0.25, 0.3) is 29.4 Å². The molecule has 3 amide bonds. The normalized spacial score (nSPS) is 13.1. The zero-order chi connectivity index (χ0) is 35.8. The molecule has 50 heavy (non-hydrogen) atoms. The summed E-state index contributed by atoms with van der Waals surface area (Å²) in [6.07, 6.45) is 5.90. The highest BCUT2D eigenvalue weighted by molar-refractivity contribution is 6.22. The number of hydrogen-bond donors (Lipinski definition) is 3. The Labute approximate surface area is 292 Å². The third-order valence-electron chi connectivity index (χ3n) is 9.12. The van der Waals surface area contributed by atoms with E-state index in [0.717, 1.165) is 37.1 Å². The number of imide groups is 1. The van der Waals surface area contributed by atoms with E-state index < -0.39 is 11.9 Å². The Bertz CT molecular complexity index is 1860. The molecule has 1 aliphatic heterocycles. The van der Waals surface area contributed by atoms with Crippen molar-refractivity contribution >= 4 is 23.4 Å². The Morgan fingerprint density at radius 2 is 1.70 bits per heavy atom. The van der Waals surface area contributed by atoms with Crippen molar-refractivity contribution in [1.82, 2.24) is 20.4 Å². The second-order valence-corrected chi connectivity index (χ2v) is 12.8. The maximum atomic E-state index is 13.3. The third-order valence-corrected chi connectivity index (χ3v) is 9.12. The number of nitrogens with two attached hydrogens (primary N) is 1. The Kier molecular flexibility index (Phi) is 11.2. The van der Waals surface area contributed by atoms with E-state index in [1.807, 2.05) is 30.3 Å². The number of nitrogens with one attached hydrogen (secondary N) is 2. The molecule has 0 bridgehead atoms. The first-order valence-corrected chi connectivity index (χ1v) is 16.7. The number of hydrogen-bond acceptors (Lipinski definition) is 9. The van der Waals surface area contributed by atoms with Gasteiger partial charge >= 0.3 is 0 Å². The van der Waals surface area contributed by atoms with Gasteiger partial charge < -0.3 is 25.6 Å². The van der Waals surface area contributed by atoms with Gasteiger partial charge in [-0.2, -0.15) is 4.98 Å². The van der Waals surface area contributed by atoms with Crippen LogP contribution < -0.4 is 21.1 Å². The molecule has 5 rings (SSSR count). The summed E-state index contributed by atoms with van der Waals surface area (Å²) in [5.41, 5.74) is 10.8. The van der Waals surface area contributed by atoms with Crippen molar-refractivity contribution in [2.45, 2.75) is 64.0 Å². The van der Waals surface area contributed by atoms with Gasteiger partial charge in [0, 0.05) is 30.4 Å². The Morgan fingerprint density at radius 1 is 1.02 bits per heavy atom. The van der Waals surface area contributed by atoms with E-state index in [9.17, 15) is 14.4 Å². The van der Waals surface area contributed by atoms with Crippen molar-refractivity contribution < 1.29 is 23.6 Å². The van der Waals surface area contributed by atoms with Crippen LogP contribution in [0.3, 0.4) is 0 Å². The van der Waals surface area contributed by atoms with E-state index in [-0.39, 0.29) is 35.6 Å². The van der Waals surface area contributed by atoms with Crippen LogP contribution in [-0.2, 0) is 18.4 Å². The number of unbranched alkanes of at least 4 members (excludes halogenated alkanes) is 1. The van der Waals surface area contributed by atoms with Crippen LogP contribution in [-0.4, -0.2) is 52.4 Å². The molecule has 1 aromatic heterocycles. The van der Waals surface area contributed by atoms with E-state index in [4.69, 9.17) is 15.0 Å². The predicted molar refractivity (Wildman–Crippen MR) is 192 cm³/mol. The summed E-state index contributed by atoms with van der Waals surface area (Å²) in [7, 11) is 1.74. The number of allylic oxidation sites excluding steroid dienone is 1. The molecular weight excluding hydrogens is 632 g/mol. The number of primary amides is 1. The Morgan fingerprint density at radius 3 is 2.34 bits per heavy atom. The molecule has 2 heterocycles. The number of carbonyl (C=O) groups excluding carboxylic acids is 3. The molecule has 1 atom stereocenters. The number of nitrogens with zero attached hydrogens (tertiary/aromatic N) is 3. The minimum absolute atomic E-state index is 0.0302. The topological polar surface area (TPSA) is 153 Å². The molecule has 11 nitrogen and oxygen atoms in total. The van der Waals surface area contributed by atoms with Crippen LogP contribution in [0.2, 0.25) is 0 Å². The van der Waals surface area contributed by atoms with E-state index in [0.29, 0.717) is 35.4 Å². The fourth-order valence-corrected chi connectivity index (χ4v) is 6.02. The summed E-state index contributed by atoms with van der Waals surface area (Å²) in [5, 5.41) is 9.94. The molecule has 1 unspecified atom stereocenters. The molecule has 4 N–H and O–H groups in total. The molecule has 0 saturated heterocycles. The zero-order valence-corrected chi connectivity index (χ0v) is 28.8. The lowest BCUT2D eigenvalue weighted by molar-refractivity contribution is 0.0598. The first-order chi connectivity index (χ1) is 24.0. The van der Waals surface area contributed by atoms with Crippen LogP contribution in [0.1, 0.15) is 93.4 Å². The zero-order valence-electron chi connectivity index (χ0n) is 28.8. The SMILES string of the molecule is C=CCCC(C(=C)NC)N1C(=O)c2ccc(NCCCCc3ccc(C(C)(C)c4ccc(OCc5nc(C(N)=O)no5)cc4)cc3)cc2C1=O. The molecule has 0 spiro atoms. The molecule has 11 heteroatoms. The van der Waals surface area contributed by atoms with Crippen LogP contribution >= 0.6 is 0 Å². The highest BCUT2D eigenvalue weighted by Crippen LogP contribution is 2.33. The van der Waals surface area contributed by atoms with Crippen molar-refractivity contribution in [3.05, 3.63) is 131 Å². The van der Waals surface area contributed by atoms with Crippen molar-refractivity contribution in [3.8, 4) is 5.75 Å². The number of anilines is 1. The van der Waals surface area contributed by atoms with E-state index >= 15 is 0 Å². The molecule has 0 saturated carbocycles. The van der Waals surface area contributed by atoms with Gasteiger partial charge in [-0.15, -0.1) is 6.58 Å². The van der Waals surface area contributed by atoms with Gasteiger partial charge in [0.2, 0.25) is 0 Å². The molecule has 0 radical (unpaired) electrons. The van der Waals surface area contributed by atoms with Crippen LogP contribution in [0.25, 0.3) is 0 Å². The number of carbonyl (C=O) groups is 3. The number of rotatable bonds is 18. The number of aromatic nitrogens is 2. The van der Waals surface area contributed by atoms with Gasteiger partial charge in [0.15, 0.2) is 6.61 Å². The van der Waals surface area contributed by atoms with E-state index in [1.54, 1.807) is 25.3 Å². The molecule has 4 aromatic rings. The van der Waals surface area contributed by atoms with Crippen LogP contribution in [0.5, 0.6) is 5.75 Å².